The summed E-state index contributed by atoms with van der Waals surface area (Å²) < 4.78 is 25.1. The van der Waals surface area contributed by atoms with E-state index in [0.29, 0.717) is 24.6 Å². The predicted octanol–water partition coefficient (Wildman–Crippen LogP) is 2.14. The van der Waals surface area contributed by atoms with Crippen LogP contribution in [-0.4, -0.2) is 48.2 Å². The number of hydrogen-bond donors (Lipinski definition) is 1. The van der Waals surface area contributed by atoms with E-state index in [1.165, 1.54) is 6.07 Å². The number of nitrogens with zero attached hydrogens (tertiary/aromatic N) is 3. The molecule has 0 radical (unpaired) electrons. The van der Waals surface area contributed by atoms with E-state index in [4.69, 9.17) is 9.47 Å². The van der Waals surface area contributed by atoms with Crippen molar-refractivity contribution >= 4 is 17.5 Å². The van der Waals surface area contributed by atoms with E-state index in [-0.39, 0.29) is 12.3 Å². The van der Waals surface area contributed by atoms with E-state index in [2.05, 4.69) is 20.4 Å². The third-order valence-electron chi connectivity index (χ3n) is 4.89. The van der Waals surface area contributed by atoms with Crippen LogP contribution in [0, 0.1) is 5.82 Å². The summed E-state index contributed by atoms with van der Waals surface area (Å²) in [6, 6.07) is 9.74. The second-order valence-corrected chi connectivity index (χ2v) is 6.69. The van der Waals surface area contributed by atoms with Crippen molar-refractivity contribution < 1.29 is 18.7 Å². The van der Waals surface area contributed by atoms with Gasteiger partial charge in [0.25, 0.3) is 0 Å². The third-order valence-corrected chi connectivity index (χ3v) is 4.89. The summed E-state index contributed by atoms with van der Waals surface area (Å²) in [5, 5.41) is 10.9. The van der Waals surface area contributed by atoms with Gasteiger partial charge in [-0.25, -0.2) is 4.39 Å². The molecular weight excluding hydrogens is 351 g/mol. The molecule has 4 rings (SSSR count). The maximum absolute atomic E-state index is 13.6. The van der Waals surface area contributed by atoms with Crippen molar-refractivity contribution in [3.63, 3.8) is 0 Å². The quantitative estimate of drug-likeness (QED) is 0.886. The maximum Gasteiger partial charge on any atom is 0.230 e. The first-order valence-corrected chi connectivity index (χ1v) is 9.03. The average Bonchev–Trinajstić information content (AvgIpc) is 3.13. The molecule has 2 aliphatic rings. The van der Waals surface area contributed by atoms with Gasteiger partial charge in [-0.05, 0) is 23.8 Å². The lowest BCUT2D eigenvalue weighted by atomic mass is 10.0. The Morgan fingerprint density at radius 1 is 1.11 bits per heavy atom. The summed E-state index contributed by atoms with van der Waals surface area (Å²) in [5.41, 5.74) is 0.346. The number of halogens is 1. The number of ether oxygens (including phenoxy) is 2. The second-order valence-electron chi connectivity index (χ2n) is 6.69. The molecule has 3 heterocycles. The summed E-state index contributed by atoms with van der Waals surface area (Å²) in [6.07, 6.45) is 1.52. The number of piperidine rings is 1. The van der Waals surface area contributed by atoms with Crippen LogP contribution in [0.4, 0.5) is 16.0 Å². The molecule has 1 aromatic carbocycles. The van der Waals surface area contributed by atoms with E-state index in [1.54, 1.807) is 24.3 Å². The van der Waals surface area contributed by atoms with Crippen LogP contribution in [0.15, 0.2) is 36.4 Å². The smallest absolute Gasteiger partial charge is 0.230 e. The van der Waals surface area contributed by atoms with Crippen LogP contribution < -0.4 is 10.2 Å². The largest absolute Gasteiger partial charge is 0.355 e. The Morgan fingerprint density at radius 2 is 1.85 bits per heavy atom. The van der Waals surface area contributed by atoms with Gasteiger partial charge in [0.15, 0.2) is 17.4 Å². The van der Waals surface area contributed by atoms with E-state index in [0.717, 1.165) is 31.7 Å². The number of rotatable bonds is 4. The Bertz CT molecular complexity index is 799. The number of nitrogens with one attached hydrogen (secondary N) is 1. The zero-order valence-corrected chi connectivity index (χ0v) is 14.9. The molecule has 2 fully saturated rings. The van der Waals surface area contributed by atoms with Gasteiger partial charge in [-0.2, -0.15) is 0 Å². The highest BCUT2D eigenvalue weighted by atomic mass is 19.1. The first kappa shape index (κ1) is 17.8. The summed E-state index contributed by atoms with van der Waals surface area (Å²) in [4.78, 5) is 14.2. The van der Waals surface area contributed by atoms with Gasteiger partial charge in [0.05, 0.1) is 19.6 Å². The molecule has 1 N–H and O–H groups in total. The lowest BCUT2D eigenvalue weighted by molar-refractivity contribution is -0.169. The Morgan fingerprint density at radius 3 is 2.52 bits per heavy atom. The van der Waals surface area contributed by atoms with Crippen molar-refractivity contribution in [3.05, 3.63) is 47.8 Å². The number of benzene rings is 1. The van der Waals surface area contributed by atoms with Crippen LogP contribution >= 0.6 is 0 Å². The molecule has 1 spiro atoms. The molecule has 1 amide bonds. The lowest BCUT2D eigenvalue weighted by Crippen LogP contribution is -2.45. The molecule has 7 nitrogen and oxygen atoms in total. The Hall–Kier alpha value is -2.58. The van der Waals surface area contributed by atoms with Gasteiger partial charge in [-0.3, -0.25) is 4.79 Å². The van der Waals surface area contributed by atoms with Crippen molar-refractivity contribution in [1.29, 1.82) is 0 Å². The van der Waals surface area contributed by atoms with Crippen LogP contribution in [0.2, 0.25) is 0 Å². The molecule has 0 bridgehead atoms. The van der Waals surface area contributed by atoms with Crippen LogP contribution in [0.25, 0.3) is 0 Å². The summed E-state index contributed by atoms with van der Waals surface area (Å²) >= 11 is 0. The molecular formula is C19H21FN4O3. The van der Waals surface area contributed by atoms with Crippen LogP contribution in [0.1, 0.15) is 18.4 Å². The summed E-state index contributed by atoms with van der Waals surface area (Å²) in [5.74, 6) is -0.0689. The van der Waals surface area contributed by atoms with Gasteiger partial charge < -0.3 is 19.7 Å². The summed E-state index contributed by atoms with van der Waals surface area (Å²) in [6.45, 7) is 2.85. The molecule has 142 valence electrons. The monoisotopic (exact) mass is 372 g/mol. The minimum absolute atomic E-state index is 0.0513. The predicted molar refractivity (Wildman–Crippen MR) is 96.8 cm³/mol. The highest BCUT2D eigenvalue weighted by Crippen LogP contribution is 2.32. The molecule has 8 heteroatoms. The van der Waals surface area contributed by atoms with Gasteiger partial charge in [-0.1, -0.05) is 18.2 Å². The van der Waals surface area contributed by atoms with E-state index < -0.39 is 11.6 Å². The molecule has 2 aliphatic heterocycles. The standard InChI is InChI=1S/C19H21FN4O3/c20-15-4-2-1-3-14(15)13-18(25)21-16-5-6-17(23-22-16)24-9-7-19(8-10-24)26-11-12-27-19/h1-6H,7-13H2,(H,21,22,25). The minimum Gasteiger partial charge on any atom is -0.355 e. The van der Waals surface area contributed by atoms with Crippen molar-refractivity contribution in [3.8, 4) is 0 Å². The molecule has 0 unspecified atom stereocenters. The molecule has 0 aliphatic carbocycles. The topological polar surface area (TPSA) is 76.6 Å². The Labute approximate surface area is 156 Å². The fourth-order valence-electron chi connectivity index (χ4n) is 3.42. The maximum atomic E-state index is 13.6. The lowest BCUT2D eigenvalue weighted by Gasteiger charge is -2.37. The van der Waals surface area contributed by atoms with E-state index in [9.17, 15) is 9.18 Å². The number of anilines is 2. The van der Waals surface area contributed by atoms with Gasteiger partial charge in [-0.15, -0.1) is 10.2 Å². The zero-order valence-electron chi connectivity index (χ0n) is 14.9. The fraction of sp³-hybridized carbons (Fsp3) is 0.421. The average molecular weight is 372 g/mol. The number of aromatic nitrogens is 2. The minimum atomic E-state index is -0.426. The zero-order chi connectivity index (χ0) is 18.7. The van der Waals surface area contributed by atoms with Gasteiger partial charge in [0.2, 0.25) is 5.91 Å². The molecule has 2 aromatic rings. The summed E-state index contributed by atoms with van der Waals surface area (Å²) in [7, 11) is 0. The first-order valence-electron chi connectivity index (χ1n) is 9.03. The molecule has 0 atom stereocenters. The normalized spacial score (nSPS) is 18.6. The molecule has 0 saturated carbocycles. The molecule has 1 aromatic heterocycles. The van der Waals surface area contributed by atoms with Crippen LogP contribution in [0.5, 0.6) is 0 Å². The molecule has 2 saturated heterocycles. The third kappa shape index (κ3) is 4.06. The van der Waals surface area contributed by atoms with Crippen LogP contribution in [-0.2, 0) is 20.7 Å². The highest BCUT2D eigenvalue weighted by molar-refractivity contribution is 5.91. The SMILES string of the molecule is O=C(Cc1ccccc1F)Nc1ccc(N2CCC3(CC2)OCCO3)nn1. The van der Waals surface area contributed by atoms with Gasteiger partial charge in [0.1, 0.15) is 5.82 Å². The van der Waals surface area contributed by atoms with Gasteiger partial charge in [0, 0.05) is 25.9 Å². The Balaban J connectivity index is 1.32. The number of hydrogen-bond acceptors (Lipinski definition) is 6. The number of carbonyl (C=O) groups excluding carboxylic acids is 1. The van der Waals surface area contributed by atoms with Crippen molar-refractivity contribution in [2.24, 2.45) is 0 Å². The number of amides is 1. The van der Waals surface area contributed by atoms with Gasteiger partial charge >= 0.3 is 0 Å². The first-order chi connectivity index (χ1) is 13.1. The fourth-order valence-corrected chi connectivity index (χ4v) is 3.42. The Kier molecular flexibility index (Phi) is 5.00. The van der Waals surface area contributed by atoms with Crippen molar-refractivity contribution in [2.45, 2.75) is 25.0 Å². The van der Waals surface area contributed by atoms with E-state index >= 15 is 0 Å². The van der Waals surface area contributed by atoms with Crippen molar-refractivity contribution in [2.75, 3.05) is 36.5 Å². The van der Waals surface area contributed by atoms with Crippen LogP contribution in [0.3, 0.4) is 0 Å². The van der Waals surface area contributed by atoms with E-state index in [1.807, 2.05) is 6.07 Å². The van der Waals surface area contributed by atoms with Crippen molar-refractivity contribution in [1.82, 2.24) is 10.2 Å². The molecule has 27 heavy (non-hydrogen) atoms. The highest BCUT2D eigenvalue weighted by Gasteiger charge is 2.40. The second kappa shape index (κ2) is 7.58. The number of carbonyl (C=O) groups is 1.